The summed E-state index contributed by atoms with van der Waals surface area (Å²) in [4.78, 5) is 3.91. The minimum Gasteiger partial charge on any atom is -0.381 e. The third kappa shape index (κ3) is 2.61. The molecule has 0 aliphatic heterocycles. The first kappa shape index (κ1) is 10.7. The van der Waals surface area contributed by atoms with Crippen molar-refractivity contribution in [1.82, 2.24) is 14.8 Å². The Morgan fingerprint density at radius 3 is 3.12 bits per heavy atom. The van der Waals surface area contributed by atoms with E-state index in [-0.39, 0.29) is 0 Å². The van der Waals surface area contributed by atoms with Crippen molar-refractivity contribution in [1.29, 1.82) is 0 Å². The van der Waals surface area contributed by atoms with Crippen molar-refractivity contribution in [2.45, 2.75) is 6.54 Å². The average Bonchev–Trinajstić information content (AvgIpc) is 2.74. The van der Waals surface area contributed by atoms with E-state index < -0.39 is 0 Å². The molecule has 2 aromatic rings. The molecule has 5 heteroatoms. The Kier molecular flexibility index (Phi) is 3.22. The summed E-state index contributed by atoms with van der Waals surface area (Å²) >= 11 is 5.77. The first-order chi connectivity index (χ1) is 7.78. The highest BCUT2D eigenvalue weighted by atomic mass is 35.5. The summed E-state index contributed by atoms with van der Waals surface area (Å²) in [5, 5.41) is 7.79. The second kappa shape index (κ2) is 4.81. The monoisotopic (exact) mass is 234 g/mol. The molecule has 0 amide bonds. The minimum atomic E-state index is 0.479. The van der Waals surface area contributed by atoms with E-state index >= 15 is 0 Å². The molecule has 2 heterocycles. The normalized spacial score (nSPS) is 10.1. The van der Waals surface area contributed by atoms with Crippen LogP contribution in [0.15, 0.2) is 37.3 Å². The van der Waals surface area contributed by atoms with Gasteiger partial charge in [-0.15, -0.1) is 0 Å². The second-order valence-corrected chi connectivity index (χ2v) is 3.62. The van der Waals surface area contributed by atoms with Crippen molar-refractivity contribution in [3.63, 3.8) is 0 Å². The Balaban J connectivity index is 1.99. The summed E-state index contributed by atoms with van der Waals surface area (Å²) in [6.07, 6.45) is 7.00. The molecule has 0 aliphatic carbocycles. The molecule has 4 nitrogen and oxygen atoms in total. The summed E-state index contributed by atoms with van der Waals surface area (Å²) in [5.41, 5.74) is 2.01. The SMILES string of the molecule is C=Cn1cc(CNc2ccnc(Cl)c2)cn1. The predicted octanol–water partition coefficient (Wildman–Crippen LogP) is 2.64. The zero-order chi connectivity index (χ0) is 11.4. The Morgan fingerprint density at radius 1 is 1.56 bits per heavy atom. The van der Waals surface area contributed by atoms with Gasteiger partial charge in [-0.2, -0.15) is 5.10 Å². The van der Waals surface area contributed by atoms with E-state index in [0.717, 1.165) is 11.3 Å². The van der Waals surface area contributed by atoms with E-state index in [4.69, 9.17) is 11.6 Å². The third-order valence-electron chi connectivity index (χ3n) is 2.07. The summed E-state index contributed by atoms with van der Waals surface area (Å²) in [5.74, 6) is 0. The van der Waals surface area contributed by atoms with Gasteiger partial charge in [-0.1, -0.05) is 18.2 Å². The molecule has 0 radical (unpaired) electrons. The van der Waals surface area contributed by atoms with Crippen molar-refractivity contribution >= 4 is 23.5 Å². The Bertz CT molecular complexity index is 492. The van der Waals surface area contributed by atoms with Crippen LogP contribution in [-0.2, 0) is 6.54 Å². The van der Waals surface area contributed by atoms with Crippen LogP contribution in [0.5, 0.6) is 0 Å². The molecular formula is C11H11ClN4. The van der Waals surface area contributed by atoms with Crippen LogP contribution in [0, 0.1) is 0 Å². The van der Waals surface area contributed by atoms with E-state index in [2.05, 4.69) is 22.0 Å². The van der Waals surface area contributed by atoms with Gasteiger partial charge in [0.2, 0.25) is 0 Å². The quantitative estimate of drug-likeness (QED) is 0.827. The van der Waals surface area contributed by atoms with E-state index in [1.807, 2.05) is 12.3 Å². The average molecular weight is 235 g/mol. The van der Waals surface area contributed by atoms with Crippen molar-refractivity contribution in [2.24, 2.45) is 0 Å². The van der Waals surface area contributed by atoms with E-state index in [9.17, 15) is 0 Å². The van der Waals surface area contributed by atoms with Crippen molar-refractivity contribution in [2.75, 3.05) is 5.32 Å². The molecule has 1 N–H and O–H groups in total. The number of hydrogen-bond acceptors (Lipinski definition) is 3. The smallest absolute Gasteiger partial charge is 0.131 e. The highest BCUT2D eigenvalue weighted by Gasteiger charge is 1.97. The molecule has 0 spiro atoms. The molecule has 82 valence electrons. The Labute approximate surface area is 98.6 Å². The number of halogens is 1. The van der Waals surface area contributed by atoms with Crippen LogP contribution >= 0.6 is 11.6 Å². The topological polar surface area (TPSA) is 42.7 Å². The number of rotatable bonds is 4. The number of anilines is 1. The maximum absolute atomic E-state index is 5.77. The van der Waals surface area contributed by atoms with Crippen LogP contribution in [-0.4, -0.2) is 14.8 Å². The zero-order valence-corrected chi connectivity index (χ0v) is 9.35. The standard InChI is InChI=1S/C11H11ClN4/c1-2-16-8-9(7-15-16)6-14-10-3-4-13-11(12)5-10/h2-5,7-8H,1,6H2,(H,13,14). The first-order valence-corrected chi connectivity index (χ1v) is 5.17. The lowest BCUT2D eigenvalue weighted by Crippen LogP contribution is -1.98. The van der Waals surface area contributed by atoms with Gasteiger partial charge in [-0.3, -0.25) is 0 Å². The lowest BCUT2D eigenvalue weighted by Gasteiger charge is -2.03. The van der Waals surface area contributed by atoms with Gasteiger partial charge in [0, 0.05) is 36.4 Å². The van der Waals surface area contributed by atoms with Crippen molar-refractivity contribution in [3.8, 4) is 0 Å². The highest BCUT2D eigenvalue weighted by molar-refractivity contribution is 6.29. The van der Waals surface area contributed by atoms with E-state index in [1.165, 1.54) is 0 Å². The van der Waals surface area contributed by atoms with Gasteiger partial charge in [0.1, 0.15) is 5.15 Å². The van der Waals surface area contributed by atoms with Gasteiger partial charge in [-0.05, 0) is 12.1 Å². The lowest BCUT2D eigenvalue weighted by atomic mass is 10.3. The van der Waals surface area contributed by atoms with E-state index in [1.54, 1.807) is 29.3 Å². The van der Waals surface area contributed by atoms with Crippen LogP contribution < -0.4 is 5.32 Å². The number of nitrogens with zero attached hydrogens (tertiary/aromatic N) is 3. The molecular weight excluding hydrogens is 224 g/mol. The molecule has 0 unspecified atom stereocenters. The van der Waals surface area contributed by atoms with Gasteiger partial charge in [0.15, 0.2) is 0 Å². The fourth-order valence-corrected chi connectivity index (χ4v) is 1.46. The summed E-state index contributed by atoms with van der Waals surface area (Å²) in [6.45, 7) is 4.32. The third-order valence-corrected chi connectivity index (χ3v) is 2.27. The Hall–Kier alpha value is -1.81. The lowest BCUT2D eigenvalue weighted by molar-refractivity contribution is 0.936. The number of hydrogen-bond donors (Lipinski definition) is 1. The predicted molar refractivity (Wildman–Crippen MR) is 65.2 cm³/mol. The number of pyridine rings is 1. The fourth-order valence-electron chi connectivity index (χ4n) is 1.29. The molecule has 0 saturated heterocycles. The molecule has 0 aromatic carbocycles. The zero-order valence-electron chi connectivity index (χ0n) is 8.60. The Morgan fingerprint density at radius 2 is 2.44 bits per heavy atom. The molecule has 16 heavy (non-hydrogen) atoms. The first-order valence-electron chi connectivity index (χ1n) is 4.79. The van der Waals surface area contributed by atoms with Crippen molar-refractivity contribution in [3.05, 3.63) is 48.0 Å². The molecule has 0 atom stereocenters. The highest BCUT2D eigenvalue weighted by Crippen LogP contribution is 2.12. The maximum atomic E-state index is 5.77. The fraction of sp³-hybridized carbons (Fsp3) is 0.0909. The van der Waals surface area contributed by atoms with Crippen molar-refractivity contribution < 1.29 is 0 Å². The summed E-state index contributed by atoms with van der Waals surface area (Å²) in [7, 11) is 0. The molecule has 0 aliphatic rings. The molecule has 2 rings (SSSR count). The largest absolute Gasteiger partial charge is 0.381 e. The molecule has 0 fully saturated rings. The number of nitrogens with one attached hydrogen (secondary N) is 1. The van der Waals surface area contributed by atoms with Gasteiger partial charge in [0.05, 0.1) is 6.20 Å². The van der Waals surface area contributed by atoms with Crippen LogP contribution in [0.4, 0.5) is 5.69 Å². The minimum absolute atomic E-state index is 0.479. The summed E-state index contributed by atoms with van der Waals surface area (Å²) < 4.78 is 1.66. The molecule has 2 aromatic heterocycles. The van der Waals surface area contributed by atoms with Crippen LogP contribution in [0.1, 0.15) is 5.56 Å². The second-order valence-electron chi connectivity index (χ2n) is 3.23. The van der Waals surface area contributed by atoms with Crippen LogP contribution in [0.3, 0.4) is 0 Å². The molecule has 0 saturated carbocycles. The maximum Gasteiger partial charge on any atom is 0.131 e. The molecule has 0 bridgehead atoms. The summed E-state index contributed by atoms with van der Waals surface area (Å²) in [6, 6.07) is 3.64. The van der Waals surface area contributed by atoms with Crippen LogP contribution in [0.25, 0.3) is 6.20 Å². The van der Waals surface area contributed by atoms with Gasteiger partial charge < -0.3 is 5.32 Å². The van der Waals surface area contributed by atoms with E-state index in [0.29, 0.717) is 11.7 Å². The van der Waals surface area contributed by atoms with Gasteiger partial charge in [0.25, 0.3) is 0 Å². The number of aromatic nitrogens is 3. The van der Waals surface area contributed by atoms with Gasteiger partial charge >= 0.3 is 0 Å². The van der Waals surface area contributed by atoms with Crippen LogP contribution in [0.2, 0.25) is 5.15 Å². The van der Waals surface area contributed by atoms with Gasteiger partial charge in [-0.25, -0.2) is 9.67 Å².